The minimum absolute atomic E-state index is 0.803. The van der Waals surface area contributed by atoms with Crippen molar-refractivity contribution in [1.29, 1.82) is 0 Å². The maximum absolute atomic E-state index is 5.43. The summed E-state index contributed by atoms with van der Waals surface area (Å²) >= 11 is 0. The molecule has 1 aromatic carbocycles. The lowest BCUT2D eigenvalue weighted by atomic mass is 10.0. The molecule has 0 unspecified atom stereocenters. The predicted molar refractivity (Wildman–Crippen MR) is 71.1 cm³/mol. The van der Waals surface area contributed by atoms with E-state index in [1.54, 1.807) is 14.2 Å². The Morgan fingerprint density at radius 2 is 1.78 bits per heavy atom. The molecule has 4 nitrogen and oxygen atoms in total. The van der Waals surface area contributed by atoms with Gasteiger partial charge in [0, 0.05) is 18.3 Å². The van der Waals surface area contributed by atoms with E-state index in [1.807, 2.05) is 36.1 Å². The zero-order valence-corrected chi connectivity index (χ0v) is 11.2. The highest BCUT2D eigenvalue weighted by Crippen LogP contribution is 2.39. The van der Waals surface area contributed by atoms with Crippen molar-refractivity contribution in [3.63, 3.8) is 0 Å². The highest BCUT2D eigenvalue weighted by molar-refractivity contribution is 5.78. The van der Waals surface area contributed by atoms with Crippen molar-refractivity contribution in [1.82, 2.24) is 9.78 Å². The van der Waals surface area contributed by atoms with Gasteiger partial charge in [-0.15, -0.1) is 0 Å². The molecule has 0 bridgehead atoms. The minimum Gasteiger partial charge on any atom is -0.496 e. The van der Waals surface area contributed by atoms with Crippen LogP contribution in [0, 0.1) is 0 Å². The molecule has 2 aromatic rings. The molecule has 4 heteroatoms. The van der Waals surface area contributed by atoms with Gasteiger partial charge in [-0.1, -0.05) is 13.0 Å². The van der Waals surface area contributed by atoms with Crippen LogP contribution >= 0.6 is 0 Å². The van der Waals surface area contributed by atoms with Crippen molar-refractivity contribution < 1.29 is 9.47 Å². The Balaban J connectivity index is 2.68. The van der Waals surface area contributed by atoms with Gasteiger partial charge in [-0.3, -0.25) is 4.68 Å². The smallest absolute Gasteiger partial charge is 0.130 e. The fraction of sp³-hybridized carbons (Fsp3) is 0.357. The topological polar surface area (TPSA) is 36.3 Å². The normalized spacial score (nSPS) is 10.4. The Morgan fingerprint density at radius 3 is 2.28 bits per heavy atom. The van der Waals surface area contributed by atoms with Crippen LogP contribution in [-0.4, -0.2) is 24.0 Å². The maximum atomic E-state index is 5.43. The molecule has 0 saturated heterocycles. The first-order valence-electron chi connectivity index (χ1n) is 5.95. The summed E-state index contributed by atoms with van der Waals surface area (Å²) < 4.78 is 12.8. The summed E-state index contributed by atoms with van der Waals surface area (Å²) in [6.45, 7) is 2.11. The maximum Gasteiger partial charge on any atom is 0.130 e. The number of rotatable bonds is 4. The van der Waals surface area contributed by atoms with Crippen LogP contribution in [0.2, 0.25) is 0 Å². The number of hydrogen-bond acceptors (Lipinski definition) is 3. The van der Waals surface area contributed by atoms with E-state index in [2.05, 4.69) is 12.0 Å². The van der Waals surface area contributed by atoms with E-state index in [9.17, 15) is 0 Å². The zero-order chi connectivity index (χ0) is 13.1. The molecule has 0 aliphatic rings. The molecule has 18 heavy (non-hydrogen) atoms. The summed E-state index contributed by atoms with van der Waals surface area (Å²) in [6.07, 6.45) is 2.77. The summed E-state index contributed by atoms with van der Waals surface area (Å²) in [6, 6.07) is 5.79. The Bertz CT molecular complexity index is 524. The fourth-order valence-corrected chi connectivity index (χ4v) is 2.21. The SMILES string of the molecule is CCc1c(-c2c(OC)cccc2OC)cnn1C. The Hall–Kier alpha value is -1.97. The van der Waals surface area contributed by atoms with Gasteiger partial charge in [0.15, 0.2) is 0 Å². The standard InChI is InChI=1S/C14H18N2O2/c1-5-11-10(9-15-16(11)2)14-12(17-3)7-6-8-13(14)18-4/h6-9H,5H2,1-4H3. The molecule has 0 saturated carbocycles. The largest absolute Gasteiger partial charge is 0.496 e. The van der Waals surface area contributed by atoms with Gasteiger partial charge in [-0.2, -0.15) is 5.10 Å². The second-order valence-corrected chi connectivity index (χ2v) is 4.02. The highest BCUT2D eigenvalue weighted by Gasteiger charge is 2.17. The average Bonchev–Trinajstić information content (AvgIpc) is 2.78. The van der Waals surface area contributed by atoms with Gasteiger partial charge in [-0.05, 0) is 18.6 Å². The number of aryl methyl sites for hydroxylation is 1. The molecule has 0 fully saturated rings. The third kappa shape index (κ3) is 1.94. The van der Waals surface area contributed by atoms with Crippen LogP contribution in [0.5, 0.6) is 11.5 Å². The first-order chi connectivity index (χ1) is 8.72. The summed E-state index contributed by atoms with van der Waals surface area (Å²) in [5, 5.41) is 4.32. The van der Waals surface area contributed by atoms with Gasteiger partial charge in [0.1, 0.15) is 11.5 Å². The molecule has 0 N–H and O–H groups in total. The monoisotopic (exact) mass is 246 g/mol. The van der Waals surface area contributed by atoms with E-state index >= 15 is 0 Å². The van der Waals surface area contributed by atoms with Crippen LogP contribution in [0.15, 0.2) is 24.4 Å². The zero-order valence-electron chi connectivity index (χ0n) is 11.2. The Kier molecular flexibility index (Phi) is 3.55. The van der Waals surface area contributed by atoms with Gasteiger partial charge in [0.2, 0.25) is 0 Å². The van der Waals surface area contributed by atoms with Crippen LogP contribution in [0.1, 0.15) is 12.6 Å². The van der Waals surface area contributed by atoms with Crippen LogP contribution in [-0.2, 0) is 13.5 Å². The van der Waals surface area contributed by atoms with Gasteiger partial charge in [-0.25, -0.2) is 0 Å². The number of hydrogen-bond donors (Lipinski definition) is 0. The molecule has 0 aliphatic carbocycles. The Labute approximate surface area is 107 Å². The molecule has 0 amide bonds. The lowest BCUT2D eigenvalue weighted by molar-refractivity contribution is 0.397. The molecular weight excluding hydrogens is 228 g/mol. The molecule has 0 aliphatic heterocycles. The third-order valence-electron chi connectivity index (χ3n) is 3.09. The van der Waals surface area contributed by atoms with Crippen molar-refractivity contribution in [2.45, 2.75) is 13.3 Å². The molecule has 1 aromatic heterocycles. The van der Waals surface area contributed by atoms with E-state index in [1.165, 1.54) is 0 Å². The van der Waals surface area contributed by atoms with Crippen molar-refractivity contribution in [2.24, 2.45) is 7.05 Å². The van der Waals surface area contributed by atoms with Gasteiger partial charge in [0.05, 0.1) is 26.0 Å². The second-order valence-electron chi connectivity index (χ2n) is 4.02. The summed E-state index contributed by atoms with van der Waals surface area (Å²) in [7, 11) is 5.28. The molecule has 2 rings (SSSR count). The number of aromatic nitrogens is 2. The average molecular weight is 246 g/mol. The molecule has 96 valence electrons. The number of methoxy groups -OCH3 is 2. The molecule has 0 spiro atoms. The number of ether oxygens (including phenoxy) is 2. The van der Waals surface area contributed by atoms with Crippen molar-refractivity contribution in [3.8, 4) is 22.6 Å². The lowest BCUT2D eigenvalue weighted by Crippen LogP contribution is -1.99. The van der Waals surface area contributed by atoms with Gasteiger partial charge < -0.3 is 9.47 Å². The highest BCUT2D eigenvalue weighted by atomic mass is 16.5. The van der Waals surface area contributed by atoms with E-state index in [4.69, 9.17) is 9.47 Å². The van der Waals surface area contributed by atoms with Crippen molar-refractivity contribution in [3.05, 3.63) is 30.1 Å². The number of nitrogens with zero attached hydrogens (tertiary/aromatic N) is 2. The fourth-order valence-electron chi connectivity index (χ4n) is 2.21. The molecule has 1 heterocycles. The molecular formula is C14H18N2O2. The predicted octanol–water partition coefficient (Wildman–Crippen LogP) is 2.67. The molecule has 0 radical (unpaired) electrons. The van der Waals surface area contributed by atoms with Crippen molar-refractivity contribution >= 4 is 0 Å². The lowest BCUT2D eigenvalue weighted by Gasteiger charge is -2.13. The quantitative estimate of drug-likeness (QED) is 0.832. The third-order valence-corrected chi connectivity index (χ3v) is 3.09. The summed E-state index contributed by atoms with van der Waals surface area (Å²) in [4.78, 5) is 0. The first-order valence-corrected chi connectivity index (χ1v) is 5.95. The van der Waals surface area contributed by atoms with Crippen LogP contribution in [0.25, 0.3) is 11.1 Å². The Morgan fingerprint density at radius 1 is 1.17 bits per heavy atom. The van der Waals surface area contributed by atoms with Crippen LogP contribution < -0.4 is 9.47 Å². The summed E-state index contributed by atoms with van der Waals surface area (Å²) in [5.74, 6) is 1.61. The van der Waals surface area contributed by atoms with Crippen molar-refractivity contribution in [2.75, 3.05) is 14.2 Å². The number of benzene rings is 1. The van der Waals surface area contributed by atoms with Crippen LogP contribution in [0.4, 0.5) is 0 Å². The van der Waals surface area contributed by atoms with Gasteiger partial charge in [0.25, 0.3) is 0 Å². The van der Waals surface area contributed by atoms with E-state index in [0.29, 0.717) is 0 Å². The van der Waals surface area contributed by atoms with Gasteiger partial charge >= 0.3 is 0 Å². The van der Waals surface area contributed by atoms with Crippen LogP contribution in [0.3, 0.4) is 0 Å². The first kappa shape index (κ1) is 12.5. The van der Waals surface area contributed by atoms with E-state index in [0.717, 1.165) is 34.7 Å². The van der Waals surface area contributed by atoms with E-state index in [-0.39, 0.29) is 0 Å². The second kappa shape index (κ2) is 5.12. The molecule has 0 atom stereocenters. The summed E-state index contributed by atoms with van der Waals surface area (Å²) in [5.41, 5.74) is 3.19. The van der Waals surface area contributed by atoms with E-state index < -0.39 is 0 Å². The minimum atomic E-state index is 0.803.